The van der Waals surface area contributed by atoms with Gasteiger partial charge in [-0.1, -0.05) is 0 Å². The van der Waals surface area contributed by atoms with Crippen molar-refractivity contribution in [2.24, 2.45) is 0 Å². The fourth-order valence-corrected chi connectivity index (χ4v) is 3.42. The second-order valence-electron chi connectivity index (χ2n) is 2.71. The number of aliphatic carboxylic acids is 1. The van der Waals surface area contributed by atoms with Gasteiger partial charge in [-0.25, -0.2) is 4.79 Å². The summed E-state index contributed by atoms with van der Waals surface area (Å²) in [7, 11) is -2.49. The van der Waals surface area contributed by atoms with Crippen LogP contribution in [-0.4, -0.2) is 38.7 Å². The van der Waals surface area contributed by atoms with Crippen LogP contribution in [0.2, 0.25) is 6.55 Å². The topological polar surface area (TPSA) is 65.0 Å². The zero-order valence-corrected chi connectivity index (χ0v) is 6.94. The molecule has 5 nitrogen and oxygen atoms in total. The van der Waals surface area contributed by atoms with Crippen molar-refractivity contribution in [1.29, 1.82) is 0 Å². The van der Waals surface area contributed by atoms with Crippen molar-refractivity contribution in [2.75, 3.05) is 6.61 Å². The van der Waals surface area contributed by atoms with Gasteiger partial charge in [-0.15, -0.1) is 0 Å². The first-order valence-electron chi connectivity index (χ1n) is 3.33. The van der Waals surface area contributed by atoms with Gasteiger partial charge < -0.3 is 18.4 Å². The zero-order chi connectivity index (χ0) is 8.06. The van der Waals surface area contributed by atoms with Gasteiger partial charge in [0.2, 0.25) is 0 Å². The lowest BCUT2D eigenvalue weighted by Gasteiger charge is -2.18. The molecule has 0 amide bonds. The normalized spacial score (nSPS) is 48.1. The van der Waals surface area contributed by atoms with Crippen LogP contribution in [0.3, 0.4) is 0 Å². The van der Waals surface area contributed by atoms with Crippen LogP contribution >= 0.6 is 0 Å². The van der Waals surface area contributed by atoms with E-state index in [0.29, 0.717) is 6.61 Å². The Bertz CT molecular complexity index is 207. The molecule has 62 valence electrons. The second kappa shape index (κ2) is 2.04. The minimum atomic E-state index is -2.49. The molecule has 1 N–H and O–H groups in total. The lowest BCUT2D eigenvalue weighted by molar-refractivity contribution is -0.148. The van der Waals surface area contributed by atoms with Crippen LogP contribution in [-0.2, 0) is 18.1 Å². The summed E-state index contributed by atoms with van der Waals surface area (Å²) in [6.45, 7) is 2.07. The molecule has 2 rings (SSSR count). The predicted molar refractivity (Wildman–Crippen MR) is 35.0 cm³/mol. The van der Waals surface area contributed by atoms with Gasteiger partial charge in [0.1, 0.15) is 6.10 Å². The number of hydrogen-bond donors (Lipinski definition) is 1. The van der Waals surface area contributed by atoms with E-state index in [-0.39, 0.29) is 6.10 Å². The van der Waals surface area contributed by atoms with E-state index in [9.17, 15) is 4.79 Å². The third kappa shape index (κ3) is 0.986. The fraction of sp³-hybridized carbons (Fsp3) is 0.800. The van der Waals surface area contributed by atoms with Gasteiger partial charge in [-0.2, -0.15) is 0 Å². The molecule has 2 aliphatic heterocycles. The lowest BCUT2D eigenvalue weighted by atomic mass is 10.2. The molecule has 0 aliphatic carbocycles. The first kappa shape index (κ1) is 7.23. The van der Waals surface area contributed by atoms with E-state index in [1.165, 1.54) is 0 Å². The Hall–Kier alpha value is -0.433. The van der Waals surface area contributed by atoms with Gasteiger partial charge in [-0.3, -0.25) is 0 Å². The van der Waals surface area contributed by atoms with Gasteiger partial charge in [0.25, 0.3) is 0 Å². The standard InChI is InChI=1S/C5H8O5Si/c1-11-8-2-3(9-11)4(10-11)5(6)7/h3-4H,2H2,1H3,(H,6,7). The van der Waals surface area contributed by atoms with Crippen molar-refractivity contribution in [3.8, 4) is 0 Å². The molecule has 0 spiro atoms. The van der Waals surface area contributed by atoms with Crippen molar-refractivity contribution >= 4 is 14.8 Å². The van der Waals surface area contributed by atoms with Crippen LogP contribution in [0.1, 0.15) is 0 Å². The maximum Gasteiger partial charge on any atom is 0.499 e. The van der Waals surface area contributed by atoms with Gasteiger partial charge in [0.05, 0.1) is 6.61 Å². The molecule has 2 bridgehead atoms. The third-order valence-corrected chi connectivity index (χ3v) is 3.90. The lowest BCUT2D eigenvalue weighted by Crippen LogP contribution is -2.42. The maximum absolute atomic E-state index is 10.5. The molecule has 3 atom stereocenters. The molecule has 0 aromatic heterocycles. The number of hydrogen-bond acceptors (Lipinski definition) is 4. The van der Waals surface area contributed by atoms with Gasteiger partial charge in [-0.05, 0) is 0 Å². The van der Waals surface area contributed by atoms with E-state index in [0.717, 1.165) is 0 Å². The number of carbonyl (C=O) groups is 1. The first-order chi connectivity index (χ1) is 5.11. The Labute approximate surface area is 64.2 Å². The van der Waals surface area contributed by atoms with E-state index in [1.54, 1.807) is 6.55 Å². The minimum Gasteiger partial charge on any atom is -0.479 e. The third-order valence-electron chi connectivity index (χ3n) is 1.80. The molecule has 0 radical (unpaired) electrons. The monoisotopic (exact) mass is 176 g/mol. The average Bonchev–Trinajstić information content (AvgIpc) is 2.41. The summed E-state index contributed by atoms with van der Waals surface area (Å²) in [6.07, 6.45) is -1.19. The summed E-state index contributed by atoms with van der Waals surface area (Å²) in [4.78, 5) is 10.5. The molecule has 2 fully saturated rings. The van der Waals surface area contributed by atoms with Crippen LogP contribution in [0.25, 0.3) is 0 Å². The van der Waals surface area contributed by atoms with Crippen molar-refractivity contribution < 1.29 is 23.2 Å². The van der Waals surface area contributed by atoms with E-state index in [2.05, 4.69) is 0 Å². The Kier molecular flexibility index (Phi) is 1.34. The minimum absolute atomic E-state index is 0.361. The highest BCUT2D eigenvalue weighted by Gasteiger charge is 2.58. The molecule has 2 heterocycles. The average molecular weight is 176 g/mol. The highest BCUT2D eigenvalue weighted by atomic mass is 28.4. The first-order valence-corrected chi connectivity index (χ1v) is 5.56. The predicted octanol–water partition coefficient (Wildman–Crippen LogP) is -0.546. The molecule has 11 heavy (non-hydrogen) atoms. The molecule has 6 heteroatoms. The molecule has 3 unspecified atom stereocenters. The highest BCUT2D eigenvalue weighted by molar-refractivity contribution is 6.60. The van der Waals surface area contributed by atoms with Crippen LogP contribution in [0, 0.1) is 0 Å². The SMILES string of the molecule is C[Si]12OCC(O1)C(C(=O)O)O2. The van der Waals surface area contributed by atoms with Crippen molar-refractivity contribution in [1.82, 2.24) is 0 Å². The summed E-state index contributed by atoms with van der Waals surface area (Å²) >= 11 is 0. The van der Waals surface area contributed by atoms with Crippen LogP contribution in [0.5, 0.6) is 0 Å². The molecular weight excluding hydrogens is 168 g/mol. The van der Waals surface area contributed by atoms with E-state index in [1.807, 2.05) is 0 Å². The Morgan fingerprint density at radius 3 is 2.64 bits per heavy atom. The van der Waals surface area contributed by atoms with E-state index in [4.69, 9.17) is 18.4 Å². The molecule has 0 aromatic rings. The summed E-state index contributed by atoms with van der Waals surface area (Å²) in [5, 5.41) is 8.61. The van der Waals surface area contributed by atoms with Crippen LogP contribution in [0.15, 0.2) is 0 Å². The van der Waals surface area contributed by atoms with Gasteiger partial charge >= 0.3 is 14.8 Å². The second-order valence-corrected chi connectivity index (χ2v) is 5.19. The van der Waals surface area contributed by atoms with Crippen molar-refractivity contribution in [3.63, 3.8) is 0 Å². The van der Waals surface area contributed by atoms with Crippen molar-refractivity contribution in [3.05, 3.63) is 0 Å². The molecular formula is C5H8O5Si. The van der Waals surface area contributed by atoms with Gasteiger partial charge in [0, 0.05) is 6.55 Å². The Morgan fingerprint density at radius 1 is 1.64 bits per heavy atom. The molecule has 0 aromatic carbocycles. The quantitative estimate of drug-likeness (QED) is 0.543. The Morgan fingerprint density at radius 2 is 2.36 bits per heavy atom. The molecule has 2 saturated heterocycles. The number of carboxylic acids is 1. The van der Waals surface area contributed by atoms with Crippen LogP contribution in [0.4, 0.5) is 0 Å². The maximum atomic E-state index is 10.5. The Balaban J connectivity index is 2.16. The summed E-state index contributed by atoms with van der Waals surface area (Å²) in [6, 6.07) is 0. The fourth-order valence-electron chi connectivity index (χ4n) is 1.30. The smallest absolute Gasteiger partial charge is 0.479 e. The summed E-state index contributed by atoms with van der Waals surface area (Å²) in [5.41, 5.74) is 0. The summed E-state index contributed by atoms with van der Waals surface area (Å²) in [5.74, 6) is -0.963. The number of fused-ring (bicyclic) bond motifs is 2. The highest BCUT2D eigenvalue weighted by Crippen LogP contribution is 2.32. The summed E-state index contributed by atoms with van der Waals surface area (Å²) < 4.78 is 15.5. The zero-order valence-electron chi connectivity index (χ0n) is 5.94. The molecule has 0 saturated carbocycles. The number of carboxylic acid groups (broad SMARTS) is 1. The van der Waals surface area contributed by atoms with E-state index >= 15 is 0 Å². The van der Waals surface area contributed by atoms with Crippen molar-refractivity contribution in [2.45, 2.75) is 18.8 Å². The number of rotatable bonds is 1. The van der Waals surface area contributed by atoms with E-state index < -0.39 is 20.9 Å². The molecule has 2 aliphatic rings. The largest absolute Gasteiger partial charge is 0.499 e. The van der Waals surface area contributed by atoms with Gasteiger partial charge in [0.15, 0.2) is 6.10 Å². The van der Waals surface area contributed by atoms with Crippen LogP contribution < -0.4 is 0 Å².